The Morgan fingerprint density at radius 1 is 1.21 bits per heavy atom. The first-order valence-electron chi connectivity index (χ1n) is 9.27. The third-order valence-corrected chi connectivity index (χ3v) is 4.65. The topological polar surface area (TPSA) is 125 Å². The van der Waals surface area contributed by atoms with Crippen LogP contribution in [0.4, 0.5) is 3.55 Å². The number of Topliss-reactive ketones (excluding diaryl/α,β-unsaturated/α-hetero) is 1. The normalized spacial score (nSPS) is 12.0. The van der Waals surface area contributed by atoms with Gasteiger partial charge < -0.3 is 4.79 Å². The van der Waals surface area contributed by atoms with Crippen LogP contribution in [0.15, 0.2) is 24.2 Å². The molecule has 8 nitrogen and oxygen atoms in total. The first-order valence-corrected chi connectivity index (χ1v) is 11.1. The number of nitrogens with two attached hydrogens (primary N) is 1. The molecular weight excluding hydrogens is 432 g/mol. The molecule has 0 bridgehead atoms. The van der Waals surface area contributed by atoms with Crippen LogP contribution < -0.4 is 27.2 Å². The zero-order valence-corrected chi connectivity index (χ0v) is 18.1. The van der Waals surface area contributed by atoms with Crippen LogP contribution in [-0.2, 0) is 14.4 Å². The van der Waals surface area contributed by atoms with Crippen molar-refractivity contribution in [3.63, 3.8) is 0 Å². The van der Waals surface area contributed by atoms with Gasteiger partial charge in [-0.05, 0) is 12.8 Å². The second-order valence-corrected chi connectivity index (χ2v) is 7.52. The third-order valence-electron chi connectivity index (χ3n) is 3.72. The molecule has 0 aliphatic rings. The van der Waals surface area contributed by atoms with Crippen molar-refractivity contribution in [2.75, 3.05) is 13.1 Å². The van der Waals surface area contributed by atoms with Gasteiger partial charge in [0.1, 0.15) is 12.1 Å². The molecule has 0 radical (unpaired) electrons. The van der Waals surface area contributed by atoms with E-state index in [-0.39, 0.29) is 24.8 Å². The molecule has 0 aromatic rings. The number of hydrogen-bond acceptors (Lipinski definition) is 7. The SMILES string of the molecule is C=C(CNC(=O)CN/C(=C\NN)CCC[Se]F)NC(C=O)CCC(=O)CCC. The van der Waals surface area contributed by atoms with Gasteiger partial charge in [-0.3, -0.25) is 4.79 Å². The zero-order valence-electron chi connectivity index (χ0n) is 16.4. The van der Waals surface area contributed by atoms with Crippen LogP contribution in [-0.4, -0.2) is 52.5 Å². The number of amides is 1. The molecule has 0 heterocycles. The van der Waals surface area contributed by atoms with Crippen molar-refractivity contribution in [3.8, 4) is 0 Å². The van der Waals surface area contributed by atoms with Crippen LogP contribution in [0.2, 0.25) is 5.32 Å². The summed E-state index contributed by atoms with van der Waals surface area (Å²) < 4.78 is 12.2. The van der Waals surface area contributed by atoms with Crippen molar-refractivity contribution < 1.29 is 17.9 Å². The predicted octanol–water partition coefficient (Wildman–Crippen LogP) is 0.604. The summed E-state index contributed by atoms with van der Waals surface area (Å²) in [5.41, 5.74) is 3.60. The molecule has 0 aliphatic heterocycles. The molecule has 0 spiro atoms. The van der Waals surface area contributed by atoms with Crippen LogP contribution in [0.5, 0.6) is 0 Å². The van der Waals surface area contributed by atoms with E-state index < -0.39 is 21.5 Å². The van der Waals surface area contributed by atoms with Gasteiger partial charge in [-0.2, -0.15) is 0 Å². The molecule has 160 valence electrons. The molecule has 0 saturated carbocycles. The smallest absolute Gasteiger partial charge is 0.301 e. The molecular formula is C18H32FN5O3Se. The summed E-state index contributed by atoms with van der Waals surface area (Å²) in [6.07, 6.45) is 5.58. The van der Waals surface area contributed by atoms with Crippen LogP contribution in [0.1, 0.15) is 45.4 Å². The number of carbonyl (C=O) groups is 3. The molecule has 1 unspecified atom stereocenters. The van der Waals surface area contributed by atoms with Crippen LogP contribution in [0.25, 0.3) is 0 Å². The van der Waals surface area contributed by atoms with Gasteiger partial charge >= 0.3 is 118 Å². The average Bonchev–Trinajstić information content (AvgIpc) is 2.68. The van der Waals surface area contributed by atoms with Gasteiger partial charge in [-0.1, -0.05) is 6.92 Å². The van der Waals surface area contributed by atoms with Gasteiger partial charge in [-0.25, -0.2) is 0 Å². The minimum atomic E-state index is -0.866. The Labute approximate surface area is 172 Å². The molecule has 0 aromatic carbocycles. The molecule has 0 fully saturated rings. The Morgan fingerprint density at radius 2 is 1.96 bits per heavy atom. The molecule has 0 aromatic heterocycles. The van der Waals surface area contributed by atoms with Gasteiger partial charge in [-0.15, -0.1) is 0 Å². The van der Waals surface area contributed by atoms with Crippen LogP contribution in [0, 0.1) is 0 Å². The van der Waals surface area contributed by atoms with Gasteiger partial charge in [0.25, 0.3) is 0 Å². The minimum Gasteiger partial charge on any atom is -0.301 e. The molecule has 6 N–H and O–H groups in total. The number of halogens is 1. The third kappa shape index (κ3) is 14.2. The number of carbonyl (C=O) groups excluding carboxylic acids is 3. The van der Waals surface area contributed by atoms with E-state index in [9.17, 15) is 17.9 Å². The molecule has 28 heavy (non-hydrogen) atoms. The fourth-order valence-electron chi connectivity index (χ4n) is 2.30. The van der Waals surface area contributed by atoms with E-state index >= 15 is 0 Å². The van der Waals surface area contributed by atoms with Crippen LogP contribution >= 0.6 is 0 Å². The van der Waals surface area contributed by atoms with E-state index in [4.69, 9.17) is 5.84 Å². The standard InChI is InChI=1S/C18H32FN5O3Se/c1-3-5-17(26)8-7-16(13-25)24-14(2)10-22-18(27)12-21-15(11-23-20)6-4-9-28-19/h11,13,16,21,23-24H,2-10,12,20H2,1H3,(H,22,27)/b15-11-. The van der Waals surface area contributed by atoms with E-state index in [2.05, 4.69) is 28.0 Å². The molecule has 10 heteroatoms. The number of hydrogen-bond donors (Lipinski definition) is 5. The number of nitrogens with one attached hydrogen (secondary N) is 4. The molecule has 0 rings (SSSR count). The van der Waals surface area contributed by atoms with Gasteiger partial charge in [0.2, 0.25) is 0 Å². The zero-order chi connectivity index (χ0) is 21.2. The van der Waals surface area contributed by atoms with Gasteiger partial charge in [0.15, 0.2) is 0 Å². The number of allylic oxidation sites excluding steroid dienone is 1. The predicted molar refractivity (Wildman–Crippen MR) is 109 cm³/mol. The van der Waals surface area contributed by atoms with E-state index in [0.29, 0.717) is 43.1 Å². The minimum absolute atomic E-state index is 0.0319. The monoisotopic (exact) mass is 465 g/mol. The summed E-state index contributed by atoms with van der Waals surface area (Å²) in [6.45, 7) is 5.92. The maximum atomic E-state index is 12.2. The molecule has 0 saturated heterocycles. The second kappa shape index (κ2) is 17.2. The van der Waals surface area contributed by atoms with Crippen molar-refractivity contribution in [2.24, 2.45) is 5.84 Å². The van der Waals surface area contributed by atoms with E-state index in [1.807, 2.05) is 6.92 Å². The van der Waals surface area contributed by atoms with Gasteiger partial charge in [0.05, 0.1) is 0 Å². The molecule has 1 atom stereocenters. The Morgan fingerprint density at radius 3 is 2.57 bits per heavy atom. The Bertz CT molecular complexity index is 531. The molecule has 1 amide bonds. The summed E-state index contributed by atoms with van der Waals surface area (Å²) >= 11 is -0.866. The van der Waals surface area contributed by atoms with Crippen molar-refractivity contribution in [3.05, 3.63) is 24.2 Å². The van der Waals surface area contributed by atoms with Crippen molar-refractivity contribution in [2.45, 2.75) is 56.8 Å². The fraction of sp³-hybridized carbons (Fsp3) is 0.611. The number of rotatable bonds is 18. The fourth-order valence-corrected chi connectivity index (χ4v) is 2.83. The van der Waals surface area contributed by atoms with E-state index in [1.165, 1.54) is 6.20 Å². The Kier molecular flexibility index (Phi) is 16.0. The number of hydrazine groups is 1. The maximum absolute atomic E-state index is 12.2. The summed E-state index contributed by atoms with van der Waals surface area (Å²) in [6, 6.07) is -0.509. The van der Waals surface area contributed by atoms with E-state index in [0.717, 1.165) is 18.4 Å². The number of ketones is 1. The quantitative estimate of drug-likeness (QED) is 0.0662. The Hall–Kier alpha value is -1.90. The number of aldehydes is 1. The average molecular weight is 464 g/mol. The Balaban J connectivity index is 4.17. The summed E-state index contributed by atoms with van der Waals surface area (Å²) in [5, 5.41) is 9.05. The van der Waals surface area contributed by atoms with E-state index in [1.54, 1.807) is 0 Å². The summed E-state index contributed by atoms with van der Waals surface area (Å²) in [7, 11) is 0. The van der Waals surface area contributed by atoms with Crippen molar-refractivity contribution >= 4 is 33.4 Å². The van der Waals surface area contributed by atoms with Gasteiger partial charge in [0, 0.05) is 12.8 Å². The first kappa shape index (κ1) is 26.1. The van der Waals surface area contributed by atoms with Crippen molar-refractivity contribution in [1.29, 1.82) is 0 Å². The van der Waals surface area contributed by atoms with Crippen molar-refractivity contribution in [1.82, 2.24) is 21.4 Å². The first-order chi connectivity index (χ1) is 13.5. The van der Waals surface area contributed by atoms with Crippen LogP contribution in [0.3, 0.4) is 0 Å². The second-order valence-electron chi connectivity index (χ2n) is 6.20. The summed E-state index contributed by atoms with van der Waals surface area (Å²) in [5.74, 6) is 5.12. The molecule has 0 aliphatic carbocycles. The summed E-state index contributed by atoms with van der Waals surface area (Å²) in [4.78, 5) is 34.6.